The highest BCUT2D eigenvalue weighted by Gasteiger charge is 2.20. The van der Waals surface area contributed by atoms with Crippen molar-refractivity contribution in [3.05, 3.63) is 59.4 Å². The summed E-state index contributed by atoms with van der Waals surface area (Å²) in [4.78, 5) is 0. The minimum atomic E-state index is -0.448. The molecule has 2 aromatic rings. The average Bonchev–Trinajstić information content (AvgIpc) is 2.83. The molecule has 0 aliphatic heterocycles. The van der Waals surface area contributed by atoms with Gasteiger partial charge in [0.25, 0.3) is 0 Å². The van der Waals surface area contributed by atoms with Gasteiger partial charge in [-0.25, -0.2) is 4.39 Å². The van der Waals surface area contributed by atoms with Crippen molar-refractivity contribution >= 4 is 0 Å². The minimum absolute atomic E-state index is 0.0995. The fourth-order valence-corrected chi connectivity index (χ4v) is 5.22. The lowest BCUT2D eigenvalue weighted by Gasteiger charge is -2.28. The van der Waals surface area contributed by atoms with Crippen molar-refractivity contribution in [2.45, 2.75) is 96.8 Å². The molecule has 0 N–H and O–H groups in total. The normalized spacial score (nSPS) is 18.4. The van der Waals surface area contributed by atoms with Crippen LogP contribution in [-0.2, 0) is 6.42 Å². The SMILES string of the molecule is CCCCCCCCC[C@H]1CC[C@H](CCc2ccc(-c3ccc(C#N)c(F)c3)cc2)CC1. The molecule has 0 unspecified atom stereocenters. The van der Waals surface area contributed by atoms with Crippen LogP contribution in [0.1, 0.15) is 102 Å². The van der Waals surface area contributed by atoms with E-state index < -0.39 is 5.82 Å². The molecule has 2 heteroatoms. The maximum atomic E-state index is 13.9. The van der Waals surface area contributed by atoms with Gasteiger partial charge in [-0.15, -0.1) is 0 Å². The molecule has 0 saturated heterocycles. The molecule has 0 heterocycles. The van der Waals surface area contributed by atoms with Gasteiger partial charge < -0.3 is 0 Å². The molecule has 1 aliphatic rings. The Bertz CT molecular complexity index is 840. The van der Waals surface area contributed by atoms with Gasteiger partial charge in [0.1, 0.15) is 11.9 Å². The Morgan fingerprint density at radius 3 is 2.00 bits per heavy atom. The third kappa shape index (κ3) is 7.77. The molecule has 0 aromatic heterocycles. The summed E-state index contributed by atoms with van der Waals surface area (Å²) in [6.45, 7) is 2.29. The summed E-state index contributed by atoms with van der Waals surface area (Å²) < 4.78 is 13.9. The molecular formula is C30H40FN. The Balaban J connectivity index is 1.34. The summed E-state index contributed by atoms with van der Waals surface area (Å²) in [5, 5.41) is 8.89. The van der Waals surface area contributed by atoms with E-state index in [1.807, 2.05) is 12.1 Å². The number of hydrogen-bond donors (Lipinski definition) is 0. The lowest BCUT2D eigenvalue weighted by atomic mass is 9.77. The van der Waals surface area contributed by atoms with Crippen molar-refractivity contribution < 1.29 is 4.39 Å². The van der Waals surface area contributed by atoms with Crippen LogP contribution in [-0.4, -0.2) is 0 Å². The highest BCUT2D eigenvalue weighted by Crippen LogP contribution is 2.34. The van der Waals surface area contributed by atoms with Crippen molar-refractivity contribution in [1.82, 2.24) is 0 Å². The minimum Gasteiger partial charge on any atom is -0.206 e. The molecule has 0 atom stereocenters. The molecule has 1 nitrogen and oxygen atoms in total. The van der Waals surface area contributed by atoms with Crippen molar-refractivity contribution in [2.24, 2.45) is 11.8 Å². The van der Waals surface area contributed by atoms with E-state index in [0.717, 1.165) is 29.4 Å². The molecule has 0 spiro atoms. The first-order valence-corrected chi connectivity index (χ1v) is 13.0. The predicted molar refractivity (Wildman–Crippen MR) is 133 cm³/mol. The summed E-state index contributed by atoms with van der Waals surface area (Å²) >= 11 is 0. The Morgan fingerprint density at radius 2 is 1.38 bits per heavy atom. The summed E-state index contributed by atoms with van der Waals surface area (Å²) in [7, 11) is 0. The zero-order chi connectivity index (χ0) is 22.6. The molecule has 2 aromatic carbocycles. The first kappa shape index (κ1) is 24.5. The summed E-state index contributed by atoms with van der Waals surface area (Å²) in [6, 6.07) is 15.2. The molecule has 172 valence electrons. The van der Waals surface area contributed by atoms with E-state index >= 15 is 0 Å². The van der Waals surface area contributed by atoms with Gasteiger partial charge in [-0.1, -0.05) is 114 Å². The molecule has 32 heavy (non-hydrogen) atoms. The zero-order valence-corrected chi connectivity index (χ0v) is 19.9. The number of rotatable bonds is 12. The number of benzene rings is 2. The maximum Gasteiger partial charge on any atom is 0.141 e. The van der Waals surface area contributed by atoms with Gasteiger partial charge in [0.2, 0.25) is 0 Å². The van der Waals surface area contributed by atoms with Gasteiger partial charge in [0.05, 0.1) is 5.56 Å². The third-order valence-electron chi connectivity index (χ3n) is 7.40. The van der Waals surface area contributed by atoms with Gasteiger partial charge >= 0.3 is 0 Å². The topological polar surface area (TPSA) is 23.8 Å². The van der Waals surface area contributed by atoms with E-state index in [2.05, 4.69) is 31.2 Å². The maximum absolute atomic E-state index is 13.9. The number of hydrogen-bond acceptors (Lipinski definition) is 1. The lowest BCUT2D eigenvalue weighted by molar-refractivity contribution is 0.248. The molecular weight excluding hydrogens is 393 g/mol. The highest BCUT2D eigenvalue weighted by molar-refractivity contribution is 5.64. The van der Waals surface area contributed by atoms with Crippen LogP contribution in [0, 0.1) is 29.0 Å². The van der Waals surface area contributed by atoms with Crippen LogP contribution < -0.4 is 0 Å². The van der Waals surface area contributed by atoms with Crippen LogP contribution in [0.25, 0.3) is 11.1 Å². The van der Waals surface area contributed by atoms with E-state index in [1.165, 1.54) is 95.1 Å². The second-order valence-electron chi connectivity index (χ2n) is 9.84. The first-order valence-electron chi connectivity index (χ1n) is 13.0. The lowest BCUT2D eigenvalue weighted by Crippen LogP contribution is -2.15. The summed E-state index contributed by atoms with van der Waals surface area (Å²) in [5.41, 5.74) is 3.30. The largest absolute Gasteiger partial charge is 0.206 e. The van der Waals surface area contributed by atoms with Crippen molar-refractivity contribution in [1.29, 1.82) is 5.26 Å². The smallest absolute Gasteiger partial charge is 0.141 e. The van der Waals surface area contributed by atoms with E-state index in [0.29, 0.717) is 0 Å². The van der Waals surface area contributed by atoms with E-state index in [4.69, 9.17) is 5.26 Å². The second kappa shape index (κ2) is 13.4. The van der Waals surface area contributed by atoms with Crippen molar-refractivity contribution in [3.8, 4) is 17.2 Å². The molecule has 3 rings (SSSR count). The number of unbranched alkanes of at least 4 members (excludes halogenated alkanes) is 6. The van der Waals surface area contributed by atoms with E-state index in [-0.39, 0.29) is 5.56 Å². The number of halogens is 1. The van der Waals surface area contributed by atoms with Gasteiger partial charge in [0.15, 0.2) is 0 Å². The summed E-state index contributed by atoms with van der Waals surface area (Å²) in [6.07, 6.45) is 19.5. The molecule has 0 radical (unpaired) electrons. The average molecular weight is 434 g/mol. The first-order chi connectivity index (χ1) is 15.7. The van der Waals surface area contributed by atoms with Crippen LogP contribution in [0.3, 0.4) is 0 Å². The Labute approximate surface area is 195 Å². The van der Waals surface area contributed by atoms with Gasteiger partial charge in [-0.05, 0) is 53.5 Å². The quantitative estimate of drug-likeness (QED) is 0.306. The predicted octanol–water partition coefficient (Wildman–Crippen LogP) is 9.24. The van der Waals surface area contributed by atoms with Gasteiger partial charge in [-0.3, -0.25) is 0 Å². The van der Waals surface area contributed by atoms with E-state index in [9.17, 15) is 4.39 Å². The summed E-state index contributed by atoms with van der Waals surface area (Å²) in [5.74, 6) is 1.42. The Morgan fingerprint density at radius 1 is 0.781 bits per heavy atom. The Kier molecular flexibility index (Phi) is 10.3. The molecule has 1 saturated carbocycles. The fourth-order valence-electron chi connectivity index (χ4n) is 5.22. The number of nitrogens with zero attached hydrogens (tertiary/aromatic N) is 1. The van der Waals surface area contributed by atoms with Crippen LogP contribution in [0.15, 0.2) is 42.5 Å². The van der Waals surface area contributed by atoms with Crippen molar-refractivity contribution in [3.63, 3.8) is 0 Å². The van der Waals surface area contributed by atoms with Crippen molar-refractivity contribution in [2.75, 3.05) is 0 Å². The zero-order valence-electron chi connectivity index (χ0n) is 19.9. The molecule has 1 aliphatic carbocycles. The fraction of sp³-hybridized carbons (Fsp3) is 0.567. The number of nitriles is 1. The van der Waals surface area contributed by atoms with Crippen LogP contribution in [0.5, 0.6) is 0 Å². The van der Waals surface area contributed by atoms with Gasteiger partial charge in [-0.2, -0.15) is 5.26 Å². The Hall–Kier alpha value is -2.14. The van der Waals surface area contributed by atoms with Crippen LogP contribution >= 0.6 is 0 Å². The molecule has 1 fully saturated rings. The van der Waals surface area contributed by atoms with Crippen LogP contribution in [0.2, 0.25) is 0 Å². The van der Waals surface area contributed by atoms with Crippen LogP contribution in [0.4, 0.5) is 4.39 Å². The molecule has 0 amide bonds. The van der Waals surface area contributed by atoms with E-state index in [1.54, 1.807) is 6.07 Å². The monoisotopic (exact) mass is 433 g/mol. The second-order valence-corrected chi connectivity index (χ2v) is 9.84. The van der Waals surface area contributed by atoms with Gasteiger partial charge in [0, 0.05) is 0 Å². The molecule has 0 bridgehead atoms. The standard InChI is InChI=1S/C30H40FN/c1-2-3-4-5-6-7-8-9-24-10-12-25(13-11-24)14-15-26-16-18-27(19-17-26)28-20-21-29(23-32)30(31)22-28/h16-22,24-25H,2-15H2,1H3/t24-,25-. The number of aryl methyl sites for hydroxylation is 1. The third-order valence-corrected chi connectivity index (χ3v) is 7.40. The highest BCUT2D eigenvalue weighted by atomic mass is 19.1.